The molecule has 1 heterocycles. The number of halogens is 3. The molecule has 8 nitrogen and oxygen atoms in total. The average molecular weight is 581 g/mol. The number of sulfonamides is 1. The van der Waals surface area contributed by atoms with Crippen molar-refractivity contribution < 1.29 is 41.3 Å². The number of β-amino-alcohol motifs (C(OH)–C–C–N with tert-alkyl or cyclic N) is 1. The number of aryl methyl sites for hydroxylation is 2. The number of aliphatic carboxylic acids is 1. The molecule has 0 radical (unpaired) electrons. The minimum Gasteiger partial charge on any atom is -0.481 e. The fourth-order valence-corrected chi connectivity index (χ4v) is 5.89. The first-order valence-corrected chi connectivity index (χ1v) is 14.4. The second-order valence-corrected chi connectivity index (χ2v) is 12.8. The zero-order valence-corrected chi connectivity index (χ0v) is 23.3. The molecule has 0 saturated carbocycles. The van der Waals surface area contributed by atoms with Crippen LogP contribution in [0.15, 0.2) is 40.6 Å². The molecule has 1 aromatic carbocycles. The molecule has 2 rings (SSSR count). The third-order valence-electron chi connectivity index (χ3n) is 5.83. The van der Waals surface area contributed by atoms with E-state index in [1.807, 2.05) is 25.3 Å². The second kappa shape index (κ2) is 13.7. The molecule has 13 heteroatoms. The van der Waals surface area contributed by atoms with Crippen molar-refractivity contribution in [3.63, 3.8) is 0 Å². The van der Waals surface area contributed by atoms with Crippen molar-refractivity contribution in [2.45, 2.75) is 75.3 Å². The summed E-state index contributed by atoms with van der Waals surface area (Å²) in [6, 6.07) is 7.08. The van der Waals surface area contributed by atoms with Gasteiger partial charge in [-0.3, -0.25) is 4.79 Å². The number of nitrogens with zero attached hydrogens (tertiary/aromatic N) is 1. The van der Waals surface area contributed by atoms with Gasteiger partial charge in [-0.15, -0.1) is 24.5 Å². The minimum atomic E-state index is -5.04. The molecule has 0 fully saturated rings. The first-order valence-electron chi connectivity index (χ1n) is 12.1. The summed E-state index contributed by atoms with van der Waals surface area (Å²) in [4.78, 5) is 11.6. The molecule has 214 valence electrons. The van der Waals surface area contributed by atoms with E-state index in [4.69, 9.17) is 5.11 Å². The maximum Gasteiger partial charge on any atom is 0.573 e. The van der Waals surface area contributed by atoms with E-state index < -0.39 is 39.1 Å². The number of benzene rings is 1. The third-order valence-corrected chi connectivity index (χ3v) is 8.56. The second-order valence-electron chi connectivity index (χ2n) is 9.74. The van der Waals surface area contributed by atoms with Crippen molar-refractivity contribution in [1.82, 2.24) is 9.62 Å². The summed E-state index contributed by atoms with van der Waals surface area (Å²) >= 11 is 1.70. The molecule has 38 heavy (non-hydrogen) atoms. The van der Waals surface area contributed by atoms with Crippen LogP contribution in [-0.2, 0) is 27.7 Å². The Kier molecular flexibility index (Phi) is 11.6. The molecule has 0 saturated heterocycles. The lowest BCUT2D eigenvalue weighted by molar-refractivity contribution is -0.274. The van der Waals surface area contributed by atoms with Crippen molar-refractivity contribution in [3.05, 3.63) is 46.2 Å². The number of rotatable bonds is 16. The molecular formula is C25H35F3N2O6S2. The first kappa shape index (κ1) is 32.0. The number of thiophene rings is 1. The maximum absolute atomic E-state index is 13.1. The van der Waals surface area contributed by atoms with Gasteiger partial charge in [0.25, 0.3) is 0 Å². The smallest absolute Gasteiger partial charge is 0.481 e. The Bertz CT molecular complexity index is 1140. The molecule has 1 atom stereocenters. The summed E-state index contributed by atoms with van der Waals surface area (Å²) < 4.78 is 69.6. The molecule has 1 aromatic heterocycles. The standard InChI is InChI=1S/C25H35F3N2O6S2/c1-24(2,11-5-8-21-9-6-12-37-21)29-16-19(31)17-30(3)38(34,35)22-14-18(7-4-10-23(32)33)13-20(15-22)36-25(26,27)28/h6,9,12-15,19,29,31H,4-5,7-8,10-11,16-17H2,1-3H3,(H,32,33)/t19-/m0/s1. The highest BCUT2D eigenvalue weighted by Gasteiger charge is 2.32. The molecule has 0 bridgehead atoms. The van der Waals surface area contributed by atoms with Gasteiger partial charge >= 0.3 is 12.3 Å². The first-order chi connectivity index (χ1) is 17.6. The van der Waals surface area contributed by atoms with Gasteiger partial charge in [-0.05, 0) is 75.1 Å². The Hall–Kier alpha value is -2.19. The number of likely N-dealkylation sites (N-methyl/N-ethyl adjacent to an activating group) is 1. The lowest BCUT2D eigenvalue weighted by Crippen LogP contribution is -2.46. The summed E-state index contributed by atoms with van der Waals surface area (Å²) in [5, 5.41) is 24.6. The Balaban J connectivity index is 2.03. The molecular weight excluding hydrogens is 545 g/mol. The Morgan fingerprint density at radius 1 is 1.18 bits per heavy atom. The van der Waals surface area contributed by atoms with Crippen LogP contribution >= 0.6 is 11.3 Å². The van der Waals surface area contributed by atoms with E-state index in [-0.39, 0.29) is 43.5 Å². The largest absolute Gasteiger partial charge is 0.573 e. The lowest BCUT2D eigenvalue weighted by atomic mass is 9.96. The van der Waals surface area contributed by atoms with E-state index in [0.717, 1.165) is 35.7 Å². The molecule has 3 N–H and O–H groups in total. The number of carboxylic acids is 1. The number of carboxylic acid groups (broad SMARTS) is 1. The van der Waals surface area contributed by atoms with Crippen molar-refractivity contribution in [1.29, 1.82) is 0 Å². The highest BCUT2D eigenvalue weighted by atomic mass is 32.2. The molecule has 0 aliphatic carbocycles. The Labute approximate surface area is 225 Å². The van der Waals surface area contributed by atoms with Gasteiger partial charge in [0.05, 0.1) is 11.0 Å². The van der Waals surface area contributed by atoms with Crippen molar-refractivity contribution in [2.75, 3.05) is 20.1 Å². The summed E-state index contributed by atoms with van der Waals surface area (Å²) in [6.45, 7) is 3.81. The number of hydrogen-bond donors (Lipinski definition) is 3. The van der Waals surface area contributed by atoms with Crippen molar-refractivity contribution in [3.8, 4) is 5.75 Å². The molecule has 0 amide bonds. The van der Waals surface area contributed by atoms with E-state index in [0.29, 0.717) is 0 Å². The van der Waals surface area contributed by atoms with Crippen LogP contribution < -0.4 is 10.1 Å². The monoisotopic (exact) mass is 580 g/mol. The number of alkyl halides is 3. The van der Waals surface area contributed by atoms with Gasteiger partial charge in [-0.1, -0.05) is 6.07 Å². The fourth-order valence-electron chi connectivity index (χ4n) is 3.84. The molecule has 0 aliphatic heterocycles. The fraction of sp³-hybridized carbons (Fsp3) is 0.560. The predicted octanol–water partition coefficient (Wildman–Crippen LogP) is 4.43. The predicted molar refractivity (Wildman–Crippen MR) is 139 cm³/mol. The van der Waals surface area contributed by atoms with Crippen molar-refractivity contribution >= 4 is 27.3 Å². The minimum absolute atomic E-state index is 0.0434. The number of nitrogens with one attached hydrogen (secondary N) is 1. The van der Waals surface area contributed by atoms with Gasteiger partial charge in [-0.2, -0.15) is 4.31 Å². The highest BCUT2D eigenvalue weighted by Crippen LogP contribution is 2.29. The van der Waals surface area contributed by atoms with Crippen LogP contribution in [0, 0.1) is 0 Å². The van der Waals surface area contributed by atoms with Gasteiger partial charge in [0.1, 0.15) is 5.75 Å². The zero-order valence-electron chi connectivity index (χ0n) is 21.6. The number of carbonyl (C=O) groups is 1. The summed E-state index contributed by atoms with van der Waals surface area (Å²) in [6.07, 6.45) is -3.47. The van der Waals surface area contributed by atoms with Crippen LogP contribution in [0.2, 0.25) is 0 Å². The third kappa shape index (κ3) is 11.3. The van der Waals surface area contributed by atoms with Crippen LogP contribution in [0.3, 0.4) is 0 Å². The van der Waals surface area contributed by atoms with Gasteiger partial charge in [0, 0.05) is 43.0 Å². The van der Waals surface area contributed by atoms with Gasteiger partial charge < -0.3 is 20.3 Å². The van der Waals surface area contributed by atoms with E-state index in [1.165, 1.54) is 18.0 Å². The molecule has 0 unspecified atom stereocenters. The lowest BCUT2D eigenvalue weighted by Gasteiger charge is -2.29. The van der Waals surface area contributed by atoms with E-state index in [2.05, 4.69) is 16.1 Å². The number of ether oxygens (including phenoxy) is 1. The summed E-state index contributed by atoms with van der Waals surface area (Å²) in [5.74, 6) is -1.79. The summed E-state index contributed by atoms with van der Waals surface area (Å²) in [5.41, 5.74) is -0.115. The van der Waals surface area contributed by atoms with Crippen LogP contribution in [0.25, 0.3) is 0 Å². The molecule has 0 spiro atoms. The molecule has 2 aromatic rings. The van der Waals surface area contributed by atoms with Crippen LogP contribution in [0.5, 0.6) is 5.75 Å². The van der Waals surface area contributed by atoms with E-state index in [9.17, 15) is 31.5 Å². The average Bonchev–Trinajstić information content (AvgIpc) is 3.29. The quantitative estimate of drug-likeness (QED) is 0.269. The maximum atomic E-state index is 13.1. The van der Waals surface area contributed by atoms with Gasteiger partial charge in [0.15, 0.2) is 0 Å². The highest BCUT2D eigenvalue weighted by molar-refractivity contribution is 7.89. The van der Waals surface area contributed by atoms with Crippen molar-refractivity contribution in [2.24, 2.45) is 0 Å². The zero-order chi connectivity index (χ0) is 28.6. The van der Waals surface area contributed by atoms with Gasteiger partial charge in [-0.25, -0.2) is 8.42 Å². The molecule has 0 aliphatic rings. The summed E-state index contributed by atoms with van der Waals surface area (Å²) in [7, 11) is -3.06. The van der Waals surface area contributed by atoms with E-state index in [1.54, 1.807) is 11.3 Å². The van der Waals surface area contributed by atoms with Crippen LogP contribution in [0.1, 0.15) is 50.0 Å². The number of aliphatic hydroxyl groups is 1. The van der Waals surface area contributed by atoms with E-state index >= 15 is 0 Å². The van der Waals surface area contributed by atoms with Gasteiger partial charge in [0.2, 0.25) is 10.0 Å². The Morgan fingerprint density at radius 3 is 2.50 bits per heavy atom. The van der Waals surface area contributed by atoms with Crippen LogP contribution in [-0.4, -0.2) is 67.0 Å². The Morgan fingerprint density at radius 2 is 1.89 bits per heavy atom. The normalized spacial score (nSPS) is 13.6. The SMILES string of the molecule is CN(C[C@@H](O)CNC(C)(C)CCCc1cccs1)S(=O)(=O)c1cc(CCCC(=O)O)cc(OC(F)(F)F)c1. The number of aliphatic hydroxyl groups excluding tert-OH is 1. The topological polar surface area (TPSA) is 116 Å². The van der Waals surface area contributed by atoms with Crippen LogP contribution in [0.4, 0.5) is 13.2 Å². The number of hydrogen-bond acceptors (Lipinski definition) is 7.